The lowest BCUT2D eigenvalue weighted by atomic mass is 10.4. The van der Waals surface area contributed by atoms with Crippen LogP contribution < -0.4 is 0 Å². The van der Waals surface area contributed by atoms with Gasteiger partial charge in [-0.15, -0.1) is 0 Å². The van der Waals surface area contributed by atoms with Gasteiger partial charge in [0.05, 0.1) is 44.4 Å². The van der Waals surface area contributed by atoms with Crippen LogP contribution in [0.15, 0.2) is 0 Å². The van der Waals surface area contributed by atoms with Crippen molar-refractivity contribution in [3.63, 3.8) is 0 Å². The maximum absolute atomic E-state index is 10.1. The fourth-order valence-electron chi connectivity index (χ4n) is 2.99. The number of hydrogen-bond donors (Lipinski definition) is 0. The molecule has 0 aromatic carbocycles. The molecule has 0 amide bonds. The molecule has 4 nitrogen and oxygen atoms in total. The van der Waals surface area contributed by atoms with Crippen molar-refractivity contribution >= 4 is 18.2 Å². The van der Waals surface area contributed by atoms with Crippen molar-refractivity contribution in [3.8, 4) is 0 Å². The molecule has 0 bridgehead atoms. The van der Waals surface area contributed by atoms with Gasteiger partial charge in [-0.1, -0.05) is 34.5 Å². The van der Waals surface area contributed by atoms with E-state index in [2.05, 4.69) is 0 Å². The summed E-state index contributed by atoms with van der Waals surface area (Å²) >= 11 is 0. The third kappa shape index (κ3) is 9.10. The van der Waals surface area contributed by atoms with Gasteiger partial charge in [-0.2, -0.15) is 0 Å². The molecular formula is C14H35NO3SSi. The number of rotatable bonds is 2. The normalized spacial score (nSPS) is 20.6. The molecule has 0 saturated carbocycles. The summed E-state index contributed by atoms with van der Waals surface area (Å²) in [5.74, 6) is 0. The standard InChI is InChI=1S/C8H16N.C4H12O3SSi.2CH4/c1-2-6-9(5-1)7-3-4-8-9;1-9(2,3)4-8(5,6)7;;/h1-8H2;4H2,1-3H3,(H,5,6,7);2*1H4/q+1;;;/p-1. The summed E-state index contributed by atoms with van der Waals surface area (Å²) in [6, 6.07) is 0. The first-order valence-electron chi connectivity index (χ1n) is 6.91. The van der Waals surface area contributed by atoms with Gasteiger partial charge in [-0.05, 0) is 0 Å². The molecular weight excluding hydrogens is 290 g/mol. The first kappa shape index (κ1) is 22.4. The smallest absolute Gasteiger partial charge is 0.0920 e. The van der Waals surface area contributed by atoms with E-state index >= 15 is 0 Å². The van der Waals surface area contributed by atoms with Gasteiger partial charge < -0.3 is 9.04 Å². The Morgan fingerprint density at radius 1 is 0.900 bits per heavy atom. The van der Waals surface area contributed by atoms with Crippen LogP contribution in [0.3, 0.4) is 0 Å². The maximum Gasteiger partial charge on any atom is 0.0920 e. The summed E-state index contributed by atoms with van der Waals surface area (Å²) in [7, 11) is -5.66. The van der Waals surface area contributed by atoms with Crippen LogP contribution in [0.25, 0.3) is 0 Å². The molecule has 6 heteroatoms. The van der Waals surface area contributed by atoms with Gasteiger partial charge in [-0.25, -0.2) is 8.42 Å². The highest BCUT2D eigenvalue weighted by atomic mass is 32.2. The second kappa shape index (κ2) is 8.51. The van der Waals surface area contributed by atoms with Crippen LogP contribution >= 0.6 is 0 Å². The molecule has 124 valence electrons. The topological polar surface area (TPSA) is 57.2 Å². The second-order valence-electron chi connectivity index (χ2n) is 6.91. The van der Waals surface area contributed by atoms with Gasteiger partial charge in [0.15, 0.2) is 0 Å². The van der Waals surface area contributed by atoms with E-state index in [1.807, 2.05) is 19.6 Å². The molecule has 20 heavy (non-hydrogen) atoms. The van der Waals surface area contributed by atoms with Crippen molar-refractivity contribution in [1.29, 1.82) is 0 Å². The quantitative estimate of drug-likeness (QED) is 0.445. The summed E-state index contributed by atoms with van der Waals surface area (Å²) in [6.07, 6.45) is 6.00. The van der Waals surface area contributed by atoms with E-state index in [4.69, 9.17) is 0 Å². The molecule has 2 fully saturated rings. The zero-order chi connectivity index (χ0) is 13.9. The van der Waals surface area contributed by atoms with Crippen molar-refractivity contribution < 1.29 is 17.5 Å². The molecule has 2 rings (SSSR count). The van der Waals surface area contributed by atoms with Crippen LogP contribution in [0, 0.1) is 0 Å². The highest BCUT2D eigenvalue weighted by molar-refractivity contribution is 7.87. The van der Waals surface area contributed by atoms with E-state index in [0.717, 1.165) is 0 Å². The predicted molar refractivity (Wildman–Crippen MR) is 89.6 cm³/mol. The minimum Gasteiger partial charge on any atom is -0.748 e. The van der Waals surface area contributed by atoms with E-state index in [-0.39, 0.29) is 20.2 Å². The van der Waals surface area contributed by atoms with Crippen LogP contribution in [0.5, 0.6) is 0 Å². The summed E-state index contributed by atoms with van der Waals surface area (Å²) in [5, 5.41) is -0.153. The van der Waals surface area contributed by atoms with E-state index < -0.39 is 18.2 Å². The largest absolute Gasteiger partial charge is 0.748 e. The van der Waals surface area contributed by atoms with Crippen molar-refractivity contribution in [2.75, 3.05) is 31.6 Å². The van der Waals surface area contributed by atoms with E-state index in [1.165, 1.54) is 56.3 Å². The molecule has 0 aromatic heterocycles. The lowest BCUT2D eigenvalue weighted by Crippen LogP contribution is -2.41. The van der Waals surface area contributed by atoms with Crippen LogP contribution in [-0.4, -0.2) is 57.1 Å². The predicted octanol–water partition coefficient (Wildman–Crippen LogP) is 3.07. The highest BCUT2D eigenvalue weighted by Gasteiger charge is 2.34. The van der Waals surface area contributed by atoms with Crippen LogP contribution in [0.4, 0.5) is 0 Å². The van der Waals surface area contributed by atoms with Gasteiger partial charge in [0.2, 0.25) is 0 Å². The molecule has 1 spiro atoms. The average molecular weight is 326 g/mol. The fraction of sp³-hybridized carbons (Fsp3) is 1.00. The Bertz CT molecular complexity index is 334. The van der Waals surface area contributed by atoms with Crippen LogP contribution in [0.1, 0.15) is 40.5 Å². The molecule has 0 radical (unpaired) electrons. The zero-order valence-corrected chi connectivity index (χ0v) is 13.8. The minimum absolute atomic E-state index is 0. The minimum atomic E-state index is -3.97. The molecule has 2 aliphatic heterocycles. The van der Waals surface area contributed by atoms with Crippen molar-refractivity contribution in [2.45, 2.75) is 60.2 Å². The van der Waals surface area contributed by atoms with Gasteiger partial charge in [0, 0.05) is 31.1 Å². The fourth-order valence-corrected chi connectivity index (χ4v) is 7.23. The number of hydrogen-bond acceptors (Lipinski definition) is 3. The third-order valence-electron chi connectivity index (χ3n) is 3.64. The van der Waals surface area contributed by atoms with Gasteiger partial charge in [0.25, 0.3) is 0 Å². The Morgan fingerprint density at radius 2 is 1.20 bits per heavy atom. The molecule has 0 N–H and O–H groups in total. The molecule has 0 aliphatic carbocycles. The Balaban J connectivity index is 0. The molecule has 0 aromatic rings. The summed E-state index contributed by atoms with van der Waals surface area (Å²) in [4.78, 5) is 0. The van der Waals surface area contributed by atoms with Crippen molar-refractivity contribution in [1.82, 2.24) is 0 Å². The van der Waals surface area contributed by atoms with Gasteiger partial charge in [-0.3, -0.25) is 0 Å². The first-order valence-corrected chi connectivity index (χ1v) is 12.2. The van der Waals surface area contributed by atoms with Crippen molar-refractivity contribution in [3.05, 3.63) is 0 Å². The summed E-state index contributed by atoms with van der Waals surface area (Å²) in [5.41, 5.74) is 0. The molecule has 2 heterocycles. The van der Waals surface area contributed by atoms with E-state index in [9.17, 15) is 13.0 Å². The first-order chi connectivity index (χ1) is 8.12. The molecule has 2 aliphatic rings. The highest BCUT2D eigenvalue weighted by Crippen LogP contribution is 2.25. The third-order valence-corrected chi connectivity index (χ3v) is 8.52. The Kier molecular flexibility index (Phi) is 9.52. The zero-order valence-electron chi connectivity index (χ0n) is 11.9. The number of quaternary nitrogens is 1. The maximum atomic E-state index is 10.1. The SMILES string of the molecule is C.C.C1CC[N+]2(C1)CCCC2.C[Si](C)(C)CS(=O)(=O)[O-]. The summed E-state index contributed by atoms with van der Waals surface area (Å²) < 4.78 is 31.9. The second-order valence-corrected chi connectivity index (χ2v) is 14.3. The summed E-state index contributed by atoms with van der Waals surface area (Å²) in [6.45, 7) is 11.5. The molecule has 0 atom stereocenters. The monoisotopic (exact) mass is 325 g/mol. The van der Waals surface area contributed by atoms with Gasteiger partial charge in [0.1, 0.15) is 0 Å². The Morgan fingerprint density at radius 3 is 1.35 bits per heavy atom. The van der Waals surface area contributed by atoms with E-state index in [1.54, 1.807) is 0 Å². The van der Waals surface area contributed by atoms with E-state index in [0.29, 0.717) is 0 Å². The number of nitrogens with zero attached hydrogens (tertiary/aromatic N) is 1. The lowest BCUT2D eigenvalue weighted by Gasteiger charge is -2.27. The Hall–Kier alpha value is 0.0869. The van der Waals surface area contributed by atoms with Gasteiger partial charge >= 0.3 is 0 Å². The van der Waals surface area contributed by atoms with Crippen LogP contribution in [0.2, 0.25) is 19.6 Å². The lowest BCUT2D eigenvalue weighted by molar-refractivity contribution is -0.904. The van der Waals surface area contributed by atoms with Crippen LogP contribution in [-0.2, 0) is 10.1 Å². The molecule has 0 unspecified atom stereocenters. The Labute approximate surface area is 127 Å². The molecule has 2 saturated heterocycles. The van der Waals surface area contributed by atoms with Crippen molar-refractivity contribution in [2.24, 2.45) is 0 Å². The average Bonchev–Trinajstić information content (AvgIpc) is 2.74.